The van der Waals surface area contributed by atoms with Crippen LogP contribution >= 0.6 is 0 Å². The van der Waals surface area contributed by atoms with Crippen LogP contribution in [-0.4, -0.2) is 60.0 Å². The van der Waals surface area contributed by atoms with Crippen molar-refractivity contribution in [1.82, 2.24) is 20.2 Å². The number of carbonyl (C=O) groups is 1. The van der Waals surface area contributed by atoms with Gasteiger partial charge >= 0.3 is 0 Å². The highest BCUT2D eigenvalue weighted by Crippen LogP contribution is 2.24. The van der Waals surface area contributed by atoms with Crippen LogP contribution in [0.5, 0.6) is 0 Å². The summed E-state index contributed by atoms with van der Waals surface area (Å²) < 4.78 is 0. The molecule has 0 spiro atoms. The zero-order valence-electron chi connectivity index (χ0n) is 16.3. The Morgan fingerprint density at radius 1 is 1.22 bits per heavy atom. The minimum Gasteiger partial charge on any atom is -0.355 e. The fourth-order valence-corrected chi connectivity index (χ4v) is 4.31. The molecule has 6 nitrogen and oxygen atoms in total. The van der Waals surface area contributed by atoms with E-state index in [2.05, 4.69) is 45.2 Å². The monoisotopic (exact) mass is 369 g/mol. The van der Waals surface area contributed by atoms with Crippen LogP contribution in [0.3, 0.4) is 0 Å². The molecule has 4 rings (SSSR count). The molecule has 0 radical (unpaired) electrons. The number of anilines is 1. The summed E-state index contributed by atoms with van der Waals surface area (Å²) in [5.41, 5.74) is 3.28. The molecule has 146 valence electrons. The number of aryl methyl sites for hydroxylation is 1. The molecule has 1 atom stereocenters. The first-order valence-electron chi connectivity index (χ1n) is 10.4. The van der Waals surface area contributed by atoms with Crippen LogP contribution in [0.4, 0.5) is 5.95 Å². The molecular weight excluding hydrogens is 338 g/mol. The first kappa shape index (κ1) is 18.3. The number of aromatic amines is 1. The topological polar surface area (TPSA) is 64.3 Å². The van der Waals surface area contributed by atoms with E-state index in [4.69, 9.17) is 4.98 Å². The number of carbonyl (C=O) groups excluding carboxylic acids is 1. The molecular formula is C21H31N5O. The van der Waals surface area contributed by atoms with E-state index in [1.165, 1.54) is 37.9 Å². The lowest BCUT2D eigenvalue weighted by Crippen LogP contribution is -2.45. The van der Waals surface area contributed by atoms with Gasteiger partial charge < -0.3 is 20.1 Å². The number of H-pyrrole nitrogens is 1. The molecule has 0 bridgehead atoms. The molecule has 1 aromatic heterocycles. The van der Waals surface area contributed by atoms with Gasteiger partial charge in [0.15, 0.2) is 0 Å². The van der Waals surface area contributed by atoms with Gasteiger partial charge in [-0.25, -0.2) is 4.98 Å². The maximum Gasteiger partial charge on any atom is 0.224 e. The Balaban J connectivity index is 1.32. The summed E-state index contributed by atoms with van der Waals surface area (Å²) in [6.45, 7) is 7.89. The van der Waals surface area contributed by atoms with Gasteiger partial charge in [0.1, 0.15) is 0 Å². The van der Waals surface area contributed by atoms with Gasteiger partial charge in [0.2, 0.25) is 11.9 Å². The predicted octanol–water partition coefficient (Wildman–Crippen LogP) is 2.69. The van der Waals surface area contributed by atoms with E-state index < -0.39 is 0 Å². The minimum atomic E-state index is 0.0510. The Morgan fingerprint density at radius 2 is 2.07 bits per heavy atom. The molecule has 2 saturated heterocycles. The van der Waals surface area contributed by atoms with Crippen LogP contribution in [0.1, 0.15) is 37.7 Å². The number of amides is 1. The Labute approximate surface area is 161 Å². The highest BCUT2D eigenvalue weighted by atomic mass is 16.1. The van der Waals surface area contributed by atoms with Gasteiger partial charge in [-0.1, -0.05) is 12.5 Å². The number of rotatable bonds is 5. The number of nitrogens with zero attached hydrogens (tertiary/aromatic N) is 3. The van der Waals surface area contributed by atoms with Crippen molar-refractivity contribution in [3.63, 3.8) is 0 Å². The molecule has 6 heteroatoms. The third-order valence-electron chi connectivity index (χ3n) is 5.89. The van der Waals surface area contributed by atoms with Crippen LogP contribution in [0.25, 0.3) is 11.0 Å². The van der Waals surface area contributed by atoms with Gasteiger partial charge in [-0.05, 0) is 63.4 Å². The fourth-order valence-electron chi connectivity index (χ4n) is 4.31. The second kappa shape index (κ2) is 8.30. The number of benzene rings is 1. The van der Waals surface area contributed by atoms with Crippen molar-refractivity contribution in [3.05, 3.63) is 23.8 Å². The van der Waals surface area contributed by atoms with Crippen LogP contribution in [0.2, 0.25) is 0 Å². The molecule has 0 saturated carbocycles. The Morgan fingerprint density at radius 3 is 2.93 bits per heavy atom. The zero-order valence-corrected chi connectivity index (χ0v) is 16.3. The standard InChI is InChI=1S/C21H31N5O/c1-16-7-8-18-19(14-16)24-21(23-18)26-12-5-6-17(15-26)20(27)22-9-13-25-10-3-2-4-11-25/h7-8,14,17H,2-6,9-13,15H2,1H3,(H,22,27)(H,23,24)/t17-/m1/s1. The molecule has 1 amide bonds. The quantitative estimate of drug-likeness (QED) is 0.851. The summed E-state index contributed by atoms with van der Waals surface area (Å²) in [5.74, 6) is 1.14. The molecule has 0 unspecified atom stereocenters. The summed E-state index contributed by atoms with van der Waals surface area (Å²) in [4.78, 5) is 25.5. The number of hydrogen-bond donors (Lipinski definition) is 2. The largest absolute Gasteiger partial charge is 0.355 e. The summed E-state index contributed by atoms with van der Waals surface area (Å²) in [6.07, 6.45) is 5.93. The zero-order chi connectivity index (χ0) is 18.6. The third kappa shape index (κ3) is 4.43. The van der Waals surface area contributed by atoms with Crippen LogP contribution in [0, 0.1) is 12.8 Å². The molecule has 2 fully saturated rings. The summed E-state index contributed by atoms with van der Waals surface area (Å²) >= 11 is 0. The van der Waals surface area contributed by atoms with E-state index in [9.17, 15) is 4.79 Å². The number of fused-ring (bicyclic) bond motifs is 1. The number of nitrogens with one attached hydrogen (secondary N) is 2. The summed E-state index contributed by atoms with van der Waals surface area (Å²) in [6, 6.07) is 6.27. The average Bonchev–Trinajstić information content (AvgIpc) is 3.12. The second-order valence-corrected chi connectivity index (χ2v) is 8.06. The van der Waals surface area contributed by atoms with Gasteiger partial charge in [-0.2, -0.15) is 0 Å². The fraction of sp³-hybridized carbons (Fsp3) is 0.619. The first-order valence-corrected chi connectivity index (χ1v) is 10.4. The van der Waals surface area contributed by atoms with Crippen molar-refractivity contribution >= 4 is 22.9 Å². The predicted molar refractivity (Wildman–Crippen MR) is 109 cm³/mol. The lowest BCUT2D eigenvalue weighted by Gasteiger charge is -2.32. The average molecular weight is 370 g/mol. The van der Waals surface area contributed by atoms with E-state index in [0.29, 0.717) is 0 Å². The SMILES string of the molecule is Cc1ccc2nc(N3CCC[C@@H](C(=O)NCCN4CCCCC4)C3)[nH]c2c1. The smallest absolute Gasteiger partial charge is 0.224 e. The summed E-state index contributed by atoms with van der Waals surface area (Å²) in [5, 5.41) is 3.17. The number of hydrogen-bond acceptors (Lipinski definition) is 4. The van der Waals surface area contributed by atoms with Crippen molar-refractivity contribution in [3.8, 4) is 0 Å². The van der Waals surface area contributed by atoms with Crippen molar-refractivity contribution in [2.75, 3.05) is 44.2 Å². The number of aromatic nitrogens is 2. The minimum absolute atomic E-state index is 0.0510. The van der Waals surface area contributed by atoms with E-state index in [1.54, 1.807) is 0 Å². The van der Waals surface area contributed by atoms with E-state index >= 15 is 0 Å². The normalized spacial score (nSPS) is 21.5. The van der Waals surface area contributed by atoms with E-state index in [0.717, 1.165) is 56.0 Å². The van der Waals surface area contributed by atoms with E-state index in [1.807, 2.05) is 0 Å². The van der Waals surface area contributed by atoms with Crippen molar-refractivity contribution in [2.45, 2.75) is 39.0 Å². The molecule has 3 heterocycles. The van der Waals surface area contributed by atoms with Crippen molar-refractivity contribution in [2.24, 2.45) is 5.92 Å². The highest BCUT2D eigenvalue weighted by Gasteiger charge is 2.27. The van der Waals surface area contributed by atoms with E-state index in [-0.39, 0.29) is 11.8 Å². The van der Waals surface area contributed by atoms with Gasteiger partial charge in [0, 0.05) is 26.2 Å². The maximum absolute atomic E-state index is 12.6. The van der Waals surface area contributed by atoms with Crippen molar-refractivity contribution < 1.29 is 4.79 Å². The highest BCUT2D eigenvalue weighted by molar-refractivity contribution is 5.80. The van der Waals surface area contributed by atoms with Gasteiger partial charge in [0.25, 0.3) is 0 Å². The lowest BCUT2D eigenvalue weighted by atomic mass is 9.97. The molecule has 1 aromatic carbocycles. The van der Waals surface area contributed by atoms with Gasteiger partial charge in [-0.3, -0.25) is 4.79 Å². The van der Waals surface area contributed by atoms with Gasteiger partial charge in [-0.15, -0.1) is 0 Å². The molecule has 2 aliphatic rings. The Bertz CT molecular complexity index is 780. The van der Waals surface area contributed by atoms with Crippen LogP contribution in [-0.2, 0) is 4.79 Å². The Hall–Kier alpha value is -2.08. The second-order valence-electron chi connectivity index (χ2n) is 8.06. The molecule has 27 heavy (non-hydrogen) atoms. The molecule has 2 N–H and O–H groups in total. The molecule has 0 aliphatic carbocycles. The molecule has 2 aromatic rings. The summed E-state index contributed by atoms with van der Waals surface area (Å²) in [7, 11) is 0. The van der Waals surface area contributed by atoms with Crippen LogP contribution in [0.15, 0.2) is 18.2 Å². The number of likely N-dealkylation sites (tertiary alicyclic amines) is 1. The number of piperidine rings is 2. The van der Waals surface area contributed by atoms with Crippen LogP contribution < -0.4 is 10.2 Å². The number of imidazole rings is 1. The first-order chi connectivity index (χ1) is 13.2. The molecule has 2 aliphatic heterocycles. The maximum atomic E-state index is 12.6. The third-order valence-corrected chi connectivity index (χ3v) is 5.89. The van der Waals surface area contributed by atoms with Crippen molar-refractivity contribution in [1.29, 1.82) is 0 Å². The lowest BCUT2D eigenvalue weighted by molar-refractivity contribution is -0.125. The Kier molecular flexibility index (Phi) is 5.62. The van der Waals surface area contributed by atoms with Gasteiger partial charge in [0.05, 0.1) is 17.0 Å².